The molecule has 112 valence electrons. The predicted octanol–water partition coefficient (Wildman–Crippen LogP) is 2.25. The number of hydrogen-bond acceptors (Lipinski definition) is 3. The van der Waals surface area contributed by atoms with Crippen LogP contribution in [0.25, 0.3) is 0 Å². The van der Waals surface area contributed by atoms with Crippen LogP contribution < -0.4 is 5.32 Å². The molecule has 19 heavy (non-hydrogen) atoms. The molecule has 1 amide bonds. The summed E-state index contributed by atoms with van der Waals surface area (Å²) in [6.45, 7) is 8.12. The second kappa shape index (κ2) is 7.25. The fourth-order valence-corrected chi connectivity index (χ4v) is 2.40. The molecule has 1 fully saturated rings. The summed E-state index contributed by atoms with van der Waals surface area (Å²) >= 11 is 0. The molecule has 0 aromatic carbocycles. The largest absolute Gasteiger partial charge is 0.388 e. The zero-order valence-corrected chi connectivity index (χ0v) is 12.6. The summed E-state index contributed by atoms with van der Waals surface area (Å²) in [7, 11) is 0. The maximum atomic E-state index is 11.6. The van der Waals surface area contributed by atoms with Crippen molar-refractivity contribution in [3.8, 4) is 0 Å². The van der Waals surface area contributed by atoms with Gasteiger partial charge in [0.1, 0.15) is 0 Å². The van der Waals surface area contributed by atoms with Gasteiger partial charge in [0.15, 0.2) is 0 Å². The number of amides is 1. The van der Waals surface area contributed by atoms with Crippen LogP contribution in [0.3, 0.4) is 0 Å². The molecule has 2 N–H and O–H groups in total. The fraction of sp³-hybridized carbons (Fsp3) is 0.933. The Morgan fingerprint density at radius 1 is 1.26 bits per heavy atom. The van der Waals surface area contributed by atoms with Gasteiger partial charge in [-0.2, -0.15) is 0 Å². The van der Waals surface area contributed by atoms with E-state index in [1.165, 1.54) is 0 Å². The Morgan fingerprint density at radius 3 is 2.47 bits per heavy atom. The molecule has 4 nitrogen and oxygen atoms in total. The van der Waals surface area contributed by atoms with Crippen molar-refractivity contribution < 1.29 is 14.6 Å². The number of hydrogen-bond donors (Lipinski definition) is 2. The van der Waals surface area contributed by atoms with Crippen LogP contribution in [0, 0.1) is 5.41 Å². The van der Waals surface area contributed by atoms with Crippen molar-refractivity contribution in [2.75, 3.05) is 19.8 Å². The smallest absolute Gasteiger partial charge is 0.220 e. The van der Waals surface area contributed by atoms with Gasteiger partial charge in [-0.25, -0.2) is 0 Å². The summed E-state index contributed by atoms with van der Waals surface area (Å²) in [5, 5.41) is 13.3. The van der Waals surface area contributed by atoms with Crippen molar-refractivity contribution in [1.82, 2.24) is 5.32 Å². The quantitative estimate of drug-likeness (QED) is 0.698. The molecule has 0 unspecified atom stereocenters. The second-order valence-corrected chi connectivity index (χ2v) is 6.47. The first-order chi connectivity index (χ1) is 8.87. The average molecular weight is 271 g/mol. The average Bonchev–Trinajstić information content (AvgIpc) is 2.37. The number of nitrogens with one attached hydrogen (secondary N) is 1. The normalized spacial score (nSPS) is 21.1. The Bertz CT molecular complexity index is 279. The van der Waals surface area contributed by atoms with Crippen LogP contribution in [-0.2, 0) is 9.53 Å². The Morgan fingerprint density at radius 2 is 1.89 bits per heavy atom. The minimum Gasteiger partial charge on any atom is -0.388 e. The molecular formula is C15H29NO3. The van der Waals surface area contributed by atoms with Gasteiger partial charge in [-0.1, -0.05) is 13.8 Å². The lowest BCUT2D eigenvalue weighted by Gasteiger charge is -2.40. The third-order valence-electron chi connectivity index (χ3n) is 4.05. The molecular weight excluding hydrogens is 242 g/mol. The van der Waals surface area contributed by atoms with E-state index in [1.807, 2.05) is 6.92 Å². The maximum absolute atomic E-state index is 11.6. The Balaban J connectivity index is 2.19. The van der Waals surface area contributed by atoms with E-state index in [-0.39, 0.29) is 5.91 Å². The first-order valence-electron chi connectivity index (χ1n) is 7.44. The lowest BCUT2D eigenvalue weighted by molar-refractivity contribution is -0.123. The van der Waals surface area contributed by atoms with Gasteiger partial charge in [0, 0.05) is 26.2 Å². The highest BCUT2D eigenvalue weighted by atomic mass is 16.5. The number of ether oxygens (including phenoxy) is 1. The lowest BCUT2D eigenvalue weighted by Crippen LogP contribution is -2.46. The highest BCUT2D eigenvalue weighted by Gasteiger charge is 2.36. The van der Waals surface area contributed by atoms with Gasteiger partial charge in [-0.05, 0) is 44.4 Å². The number of rotatable bonds is 7. The molecule has 1 rings (SSSR count). The fourth-order valence-electron chi connectivity index (χ4n) is 2.40. The zero-order chi connectivity index (χ0) is 14.4. The van der Waals surface area contributed by atoms with E-state index >= 15 is 0 Å². The standard InChI is InChI=1S/C15H29NO3/c1-4-19-11-5-6-13(17)16-12-15(18)9-7-14(2,3)8-10-15/h18H,4-12H2,1-3H3,(H,16,17). The van der Waals surface area contributed by atoms with Gasteiger partial charge in [-0.15, -0.1) is 0 Å². The molecule has 0 radical (unpaired) electrons. The third-order valence-corrected chi connectivity index (χ3v) is 4.05. The van der Waals surface area contributed by atoms with Crippen molar-refractivity contribution in [2.45, 2.75) is 64.9 Å². The summed E-state index contributed by atoms with van der Waals surface area (Å²) in [6.07, 6.45) is 4.80. The minimum atomic E-state index is -0.703. The molecule has 0 atom stereocenters. The van der Waals surface area contributed by atoms with Crippen LogP contribution in [0.4, 0.5) is 0 Å². The number of carbonyl (C=O) groups is 1. The van der Waals surface area contributed by atoms with Gasteiger partial charge in [0.25, 0.3) is 0 Å². The van der Waals surface area contributed by atoms with Crippen LogP contribution in [0.1, 0.15) is 59.3 Å². The molecule has 0 spiro atoms. The van der Waals surface area contributed by atoms with Crippen LogP contribution in [0.2, 0.25) is 0 Å². The van der Waals surface area contributed by atoms with Crippen molar-refractivity contribution >= 4 is 5.91 Å². The molecule has 0 aromatic heterocycles. The van der Waals surface area contributed by atoms with Crippen LogP contribution in [0.15, 0.2) is 0 Å². The Labute approximate surface area is 116 Å². The molecule has 0 aliphatic heterocycles. The minimum absolute atomic E-state index is 0.0120. The summed E-state index contributed by atoms with van der Waals surface area (Å²) in [6, 6.07) is 0. The molecule has 1 aliphatic carbocycles. The van der Waals surface area contributed by atoms with E-state index in [1.54, 1.807) is 0 Å². The van der Waals surface area contributed by atoms with Crippen LogP contribution in [0.5, 0.6) is 0 Å². The molecule has 1 aliphatic rings. The molecule has 1 saturated carbocycles. The molecule has 0 saturated heterocycles. The zero-order valence-electron chi connectivity index (χ0n) is 12.6. The Kier molecular flexibility index (Phi) is 6.27. The van der Waals surface area contributed by atoms with Gasteiger partial charge in [0.2, 0.25) is 5.91 Å². The third kappa shape index (κ3) is 6.39. The van der Waals surface area contributed by atoms with Crippen LogP contribution >= 0.6 is 0 Å². The monoisotopic (exact) mass is 271 g/mol. The SMILES string of the molecule is CCOCCCC(=O)NCC1(O)CCC(C)(C)CC1. The maximum Gasteiger partial charge on any atom is 0.220 e. The van der Waals surface area contributed by atoms with E-state index < -0.39 is 5.60 Å². The predicted molar refractivity (Wildman–Crippen MR) is 75.9 cm³/mol. The van der Waals surface area contributed by atoms with E-state index in [4.69, 9.17) is 4.74 Å². The van der Waals surface area contributed by atoms with Gasteiger partial charge in [0.05, 0.1) is 5.60 Å². The van der Waals surface area contributed by atoms with E-state index in [0.29, 0.717) is 31.6 Å². The first-order valence-corrected chi connectivity index (χ1v) is 7.44. The van der Waals surface area contributed by atoms with Gasteiger partial charge >= 0.3 is 0 Å². The highest BCUT2D eigenvalue weighted by molar-refractivity contribution is 5.75. The summed E-state index contributed by atoms with van der Waals surface area (Å²) in [5.74, 6) is 0.0120. The van der Waals surface area contributed by atoms with E-state index in [2.05, 4.69) is 19.2 Å². The summed E-state index contributed by atoms with van der Waals surface area (Å²) < 4.78 is 5.19. The number of carbonyl (C=O) groups excluding carboxylic acids is 1. The topological polar surface area (TPSA) is 58.6 Å². The second-order valence-electron chi connectivity index (χ2n) is 6.47. The summed E-state index contributed by atoms with van der Waals surface area (Å²) in [4.78, 5) is 11.6. The van der Waals surface area contributed by atoms with Gasteiger partial charge in [-0.3, -0.25) is 4.79 Å². The van der Waals surface area contributed by atoms with Crippen molar-refractivity contribution in [2.24, 2.45) is 5.41 Å². The Hall–Kier alpha value is -0.610. The first kappa shape index (κ1) is 16.4. The van der Waals surface area contributed by atoms with E-state index in [9.17, 15) is 9.90 Å². The van der Waals surface area contributed by atoms with Gasteiger partial charge < -0.3 is 15.2 Å². The van der Waals surface area contributed by atoms with Crippen LogP contribution in [-0.4, -0.2) is 36.4 Å². The van der Waals surface area contributed by atoms with E-state index in [0.717, 1.165) is 32.1 Å². The van der Waals surface area contributed by atoms with Crippen molar-refractivity contribution in [3.63, 3.8) is 0 Å². The molecule has 4 heteroatoms. The highest BCUT2D eigenvalue weighted by Crippen LogP contribution is 2.39. The lowest BCUT2D eigenvalue weighted by atomic mass is 9.71. The van der Waals surface area contributed by atoms with Crippen molar-refractivity contribution in [1.29, 1.82) is 0 Å². The molecule has 0 bridgehead atoms. The summed E-state index contributed by atoms with van der Waals surface area (Å²) in [5.41, 5.74) is -0.376. The number of aliphatic hydroxyl groups is 1. The molecule has 0 heterocycles. The molecule has 0 aromatic rings. The van der Waals surface area contributed by atoms with Crippen molar-refractivity contribution in [3.05, 3.63) is 0 Å².